The monoisotopic (exact) mass is 357 g/mol. The van der Waals surface area contributed by atoms with Crippen molar-refractivity contribution in [3.8, 4) is 5.75 Å². The van der Waals surface area contributed by atoms with Crippen LogP contribution in [-0.4, -0.2) is 16.4 Å². The van der Waals surface area contributed by atoms with Crippen molar-refractivity contribution in [2.45, 2.75) is 6.61 Å². The number of para-hydroxylation sites is 1. The van der Waals surface area contributed by atoms with Crippen LogP contribution in [0.1, 0.15) is 11.1 Å². The fourth-order valence-electron chi connectivity index (χ4n) is 2.17. The van der Waals surface area contributed by atoms with Gasteiger partial charge in [0, 0.05) is 5.56 Å². The van der Waals surface area contributed by atoms with Gasteiger partial charge in [0.25, 0.3) is 11.1 Å². The molecule has 1 fully saturated rings. The summed E-state index contributed by atoms with van der Waals surface area (Å²) in [6, 6.07) is 13.4. The molecule has 1 aliphatic heterocycles. The van der Waals surface area contributed by atoms with Crippen LogP contribution in [0.15, 0.2) is 53.4 Å². The number of carbonyl (C=O) groups is 2. The summed E-state index contributed by atoms with van der Waals surface area (Å²) < 4.78 is 5.77. The molecule has 0 unspecified atom stereocenters. The van der Waals surface area contributed by atoms with Gasteiger partial charge >= 0.3 is 0 Å². The van der Waals surface area contributed by atoms with Crippen LogP contribution in [0.25, 0.3) is 6.08 Å². The number of nitrogens with one attached hydrogen (secondary N) is 1. The van der Waals surface area contributed by atoms with Gasteiger partial charge in [-0.2, -0.15) is 0 Å². The highest BCUT2D eigenvalue weighted by molar-refractivity contribution is 8.18. The van der Waals surface area contributed by atoms with Gasteiger partial charge in [0.2, 0.25) is 0 Å². The summed E-state index contributed by atoms with van der Waals surface area (Å²) in [6.07, 6.45) is 1.60. The largest absolute Gasteiger partial charge is 0.733 e. The van der Waals surface area contributed by atoms with Crippen LogP contribution < -0.4 is 15.3 Å². The molecular formula is C17H13N2O5S-. The minimum Gasteiger partial charge on any atom is -0.733 e. The number of rotatable bonds is 5. The third-order valence-corrected chi connectivity index (χ3v) is 4.21. The van der Waals surface area contributed by atoms with Gasteiger partial charge in [-0.15, -0.1) is 0 Å². The highest BCUT2D eigenvalue weighted by Gasteiger charge is 2.25. The van der Waals surface area contributed by atoms with E-state index in [1.54, 1.807) is 42.5 Å². The van der Waals surface area contributed by atoms with Gasteiger partial charge in [-0.1, -0.05) is 30.3 Å². The summed E-state index contributed by atoms with van der Waals surface area (Å²) in [6.45, 7) is 0.239. The molecule has 7 nitrogen and oxygen atoms in total. The number of imide groups is 1. The lowest BCUT2D eigenvalue weighted by Crippen LogP contribution is -2.17. The van der Waals surface area contributed by atoms with Crippen molar-refractivity contribution in [3.63, 3.8) is 0 Å². The number of nitrogens with zero attached hydrogens (tertiary/aromatic N) is 1. The molecule has 0 radical (unpaired) electrons. The minimum absolute atomic E-state index is 0.128. The van der Waals surface area contributed by atoms with Crippen LogP contribution in [0.3, 0.4) is 0 Å². The normalized spacial score (nSPS) is 15.4. The molecule has 0 bridgehead atoms. The van der Waals surface area contributed by atoms with Crippen LogP contribution in [0.5, 0.6) is 5.75 Å². The molecule has 0 saturated carbocycles. The zero-order chi connectivity index (χ0) is 17.8. The average molecular weight is 357 g/mol. The number of carbonyl (C=O) groups excluding carboxylic acids is 2. The second kappa shape index (κ2) is 7.39. The number of anilines is 1. The molecule has 0 aliphatic carbocycles. The molecule has 2 N–H and O–H groups in total. The Balaban J connectivity index is 1.74. The van der Waals surface area contributed by atoms with Gasteiger partial charge in [-0.3, -0.25) is 20.1 Å². The number of amides is 2. The van der Waals surface area contributed by atoms with E-state index in [-0.39, 0.29) is 17.5 Å². The first-order valence-electron chi connectivity index (χ1n) is 7.25. The molecule has 0 spiro atoms. The third kappa shape index (κ3) is 4.18. The first kappa shape index (κ1) is 17.0. The molecule has 1 saturated heterocycles. The van der Waals surface area contributed by atoms with Crippen molar-refractivity contribution in [1.29, 1.82) is 0 Å². The average Bonchev–Trinajstić information content (AvgIpc) is 2.91. The third-order valence-electron chi connectivity index (χ3n) is 3.40. The summed E-state index contributed by atoms with van der Waals surface area (Å²) >= 11 is 0.844. The van der Waals surface area contributed by atoms with E-state index >= 15 is 0 Å². The van der Waals surface area contributed by atoms with Gasteiger partial charge < -0.3 is 15.2 Å². The Morgan fingerprint density at radius 1 is 1.16 bits per heavy atom. The predicted molar refractivity (Wildman–Crippen MR) is 94.0 cm³/mol. The first-order valence-corrected chi connectivity index (χ1v) is 8.06. The van der Waals surface area contributed by atoms with Gasteiger partial charge in [-0.25, -0.2) is 0 Å². The Kier molecular flexibility index (Phi) is 5.03. The fourth-order valence-corrected chi connectivity index (χ4v) is 2.85. The molecule has 3 rings (SSSR count). The fraction of sp³-hybridized carbons (Fsp3) is 0.0588. The SMILES string of the molecule is O=C1NC(=O)/C(=C/c2ccccc2OCc2ccc(N([O-])O)cc2)S1. The molecule has 0 aromatic heterocycles. The first-order chi connectivity index (χ1) is 12.0. The maximum atomic E-state index is 11.7. The number of ether oxygens (including phenoxy) is 1. The number of hydrogen-bond acceptors (Lipinski definition) is 7. The summed E-state index contributed by atoms with van der Waals surface area (Å²) in [7, 11) is 0. The highest BCUT2D eigenvalue weighted by Crippen LogP contribution is 2.29. The van der Waals surface area contributed by atoms with Crippen molar-refractivity contribution in [1.82, 2.24) is 5.32 Å². The van der Waals surface area contributed by atoms with E-state index in [4.69, 9.17) is 9.94 Å². The van der Waals surface area contributed by atoms with Crippen molar-refractivity contribution >= 4 is 34.7 Å². The minimum atomic E-state index is -0.424. The maximum Gasteiger partial charge on any atom is 0.290 e. The predicted octanol–water partition coefficient (Wildman–Crippen LogP) is 3.28. The zero-order valence-corrected chi connectivity index (χ0v) is 13.7. The van der Waals surface area contributed by atoms with E-state index in [1.807, 2.05) is 0 Å². The Morgan fingerprint density at radius 3 is 2.52 bits per heavy atom. The lowest BCUT2D eigenvalue weighted by Gasteiger charge is -2.21. The van der Waals surface area contributed by atoms with Crippen LogP contribution in [-0.2, 0) is 11.4 Å². The molecule has 128 valence electrons. The van der Waals surface area contributed by atoms with E-state index < -0.39 is 11.1 Å². The highest BCUT2D eigenvalue weighted by atomic mass is 32.2. The summed E-state index contributed by atoms with van der Waals surface area (Å²) in [5.74, 6) is 0.131. The Morgan fingerprint density at radius 2 is 1.88 bits per heavy atom. The lowest BCUT2D eigenvalue weighted by molar-refractivity contribution is -0.115. The van der Waals surface area contributed by atoms with E-state index in [1.165, 1.54) is 12.1 Å². The second-order valence-corrected chi connectivity index (χ2v) is 6.13. The molecular weight excluding hydrogens is 344 g/mol. The maximum absolute atomic E-state index is 11.7. The summed E-state index contributed by atoms with van der Waals surface area (Å²) in [4.78, 5) is 23.2. The molecule has 25 heavy (non-hydrogen) atoms. The topological polar surface area (TPSA) is 102 Å². The van der Waals surface area contributed by atoms with Crippen LogP contribution >= 0.6 is 11.8 Å². The van der Waals surface area contributed by atoms with Crippen molar-refractivity contribution in [3.05, 3.63) is 69.8 Å². The number of benzene rings is 2. The van der Waals surface area contributed by atoms with Gasteiger partial charge in [0.05, 0.1) is 10.6 Å². The standard InChI is InChI=1S/C17H13N2O5S/c20-16-15(25-17(21)18-16)9-12-3-1-2-4-14(12)24-10-11-5-7-13(8-6-11)19(22)23/h1-9,22H,10H2,(H,18,20,21)/q-1/b15-9-. The van der Waals surface area contributed by atoms with E-state index in [9.17, 15) is 14.8 Å². The van der Waals surface area contributed by atoms with Gasteiger partial charge in [-0.05, 0) is 41.6 Å². The number of thioether (sulfide) groups is 1. The smallest absolute Gasteiger partial charge is 0.290 e. The quantitative estimate of drug-likeness (QED) is 0.625. The van der Waals surface area contributed by atoms with Gasteiger partial charge in [0.1, 0.15) is 12.4 Å². The Labute approximate surface area is 147 Å². The second-order valence-electron chi connectivity index (χ2n) is 5.12. The van der Waals surface area contributed by atoms with Crippen LogP contribution in [0, 0.1) is 5.21 Å². The van der Waals surface area contributed by atoms with E-state index in [2.05, 4.69) is 5.32 Å². The summed E-state index contributed by atoms with van der Waals surface area (Å²) in [5, 5.41) is 21.2. The van der Waals surface area contributed by atoms with E-state index in [0.29, 0.717) is 16.2 Å². The van der Waals surface area contributed by atoms with Crippen molar-refractivity contribution in [2.24, 2.45) is 0 Å². The molecule has 1 aliphatic rings. The molecule has 2 amide bonds. The van der Waals surface area contributed by atoms with Crippen molar-refractivity contribution in [2.75, 3.05) is 5.23 Å². The molecule has 2 aromatic carbocycles. The van der Waals surface area contributed by atoms with Crippen molar-refractivity contribution < 1.29 is 19.5 Å². The molecule has 2 aromatic rings. The Hall–Kier alpha value is -2.81. The summed E-state index contributed by atoms with van der Waals surface area (Å²) in [5.41, 5.74) is 1.60. The Bertz CT molecular complexity index is 833. The van der Waals surface area contributed by atoms with E-state index in [0.717, 1.165) is 17.3 Å². The molecule has 1 heterocycles. The van der Waals surface area contributed by atoms with Crippen LogP contribution in [0.2, 0.25) is 0 Å². The lowest BCUT2D eigenvalue weighted by atomic mass is 10.1. The van der Waals surface area contributed by atoms with Gasteiger partial charge in [0.15, 0.2) is 0 Å². The molecule has 0 atom stereocenters. The number of hydrogen-bond donors (Lipinski definition) is 2. The molecule has 8 heteroatoms. The zero-order valence-electron chi connectivity index (χ0n) is 12.8. The van der Waals surface area contributed by atoms with Crippen LogP contribution in [0.4, 0.5) is 10.5 Å².